The van der Waals surface area contributed by atoms with Crippen molar-refractivity contribution in [3.8, 4) is 0 Å². The maximum Gasteiger partial charge on any atom is 0.255 e. The van der Waals surface area contributed by atoms with Crippen LogP contribution in [0.15, 0.2) is 35.4 Å². The highest BCUT2D eigenvalue weighted by Crippen LogP contribution is 2.44. The van der Waals surface area contributed by atoms with Gasteiger partial charge in [-0.1, -0.05) is 6.92 Å². The summed E-state index contributed by atoms with van der Waals surface area (Å²) in [6.45, 7) is 12.6. The molecule has 0 aliphatic carbocycles. The van der Waals surface area contributed by atoms with Crippen molar-refractivity contribution in [3.63, 3.8) is 0 Å². The van der Waals surface area contributed by atoms with Crippen molar-refractivity contribution < 1.29 is 6.22 Å². The van der Waals surface area contributed by atoms with E-state index in [0.717, 1.165) is 49.3 Å². The van der Waals surface area contributed by atoms with E-state index in [1.807, 2.05) is 48.5 Å². The van der Waals surface area contributed by atoms with Crippen molar-refractivity contribution in [2.45, 2.75) is 72.4 Å². The van der Waals surface area contributed by atoms with Gasteiger partial charge in [-0.25, -0.2) is 0 Å². The number of pyridine rings is 2. The minimum Gasteiger partial charge on any atom is -0.334 e. The second-order valence-corrected chi connectivity index (χ2v) is 11.9. The number of fused-ring (bicyclic) bond motifs is 1. The van der Waals surface area contributed by atoms with Crippen LogP contribution in [-0.2, 0) is 19.5 Å². The molecule has 0 radical (unpaired) electrons. The van der Waals surface area contributed by atoms with Gasteiger partial charge in [0.15, 0.2) is 0 Å². The molecule has 1 fully saturated rings. The Bertz CT molecular complexity index is 1330. The smallest absolute Gasteiger partial charge is 0.255 e. The first kappa shape index (κ1) is 25.9. The molecule has 3 aromatic rings. The zero-order valence-corrected chi connectivity index (χ0v) is 23.3. The number of thiophene rings is 1. The molecule has 198 valence electrons. The summed E-state index contributed by atoms with van der Waals surface area (Å²) >= 11 is 1.88. The van der Waals surface area contributed by atoms with Crippen LogP contribution in [0, 0.1) is 26.7 Å². The first-order valence-electron chi connectivity index (χ1n) is 13.6. The Kier molecular flexibility index (Phi) is 7.63. The minimum absolute atomic E-state index is 0. The lowest BCUT2D eigenvalue weighted by molar-refractivity contribution is 0.0727. The van der Waals surface area contributed by atoms with Crippen LogP contribution < -0.4 is 5.56 Å². The van der Waals surface area contributed by atoms with Gasteiger partial charge in [0, 0.05) is 54.3 Å². The summed E-state index contributed by atoms with van der Waals surface area (Å²) < 4.78 is 0. The van der Waals surface area contributed by atoms with Crippen LogP contribution in [0.4, 0.5) is 0 Å². The number of likely N-dealkylation sites (tertiary alicyclic amines) is 1. The number of nitrogens with one attached hydrogen (secondary N) is 1. The van der Waals surface area contributed by atoms with E-state index in [0.29, 0.717) is 30.5 Å². The van der Waals surface area contributed by atoms with Crippen LogP contribution in [-0.4, -0.2) is 45.3 Å². The molecule has 37 heavy (non-hydrogen) atoms. The quantitative estimate of drug-likeness (QED) is 0.440. The lowest BCUT2D eigenvalue weighted by Gasteiger charge is -2.36. The molecule has 5 heterocycles. The number of H-pyrrole nitrogens is 1. The topological polar surface area (TPSA) is 69.3 Å². The third kappa shape index (κ3) is 5.30. The fraction of sp³-hybridized carbons (Fsp3) is 0.500. The highest BCUT2D eigenvalue weighted by molar-refractivity contribution is 7.12. The Morgan fingerprint density at radius 1 is 1.11 bits per heavy atom. The van der Waals surface area contributed by atoms with Gasteiger partial charge >= 0.3 is 0 Å². The molecule has 0 unspecified atom stereocenters. The fourth-order valence-corrected chi connectivity index (χ4v) is 7.88. The van der Waals surface area contributed by atoms with Crippen LogP contribution in [0.3, 0.4) is 0 Å². The molecular formula is C30H40N4O2S. The molecule has 0 spiro atoms. The lowest BCUT2D eigenvalue weighted by atomic mass is 9.80. The van der Waals surface area contributed by atoms with Gasteiger partial charge in [0.2, 0.25) is 0 Å². The molecule has 1 N–H and O–H groups in total. The molecule has 2 aliphatic rings. The van der Waals surface area contributed by atoms with E-state index < -0.39 is 0 Å². The van der Waals surface area contributed by atoms with Crippen LogP contribution >= 0.6 is 11.3 Å². The summed E-state index contributed by atoms with van der Waals surface area (Å²) in [4.78, 5) is 40.4. The third-order valence-corrected chi connectivity index (χ3v) is 9.83. The second kappa shape index (κ2) is 10.9. The van der Waals surface area contributed by atoms with Crippen LogP contribution in [0.25, 0.3) is 0 Å². The first-order chi connectivity index (χ1) is 17.9. The summed E-state index contributed by atoms with van der Waals surface area (Å²) in [6, 6.07) is 6.20. The minimum atomic E-state index is -0.0832. The SMILES string of the molecule is CC[C@@H](c1sc2c(c1C)C(=O)N(Cc1c(C)cc(C)[nH]c1=O)CC2)C1CCN(Cc2ccncc2)CC1.[HH]. The van der Waals surface area contributed by atoms with E-state index in [9.17, 15) is 9.59 Å². The molecule has 2 aliphatic heterocycles. The number of aromatic amines is 1. The van der Waals surface area contributed by atoms with Gasteiger partial charge in [0.05, 0.1) is 12.1 Å². The standard InChI is InChI=1S/C30H38N4O2S.H2/c1-5-24(23-8-13-33(14-9-23)17-22-6-11-31-12-7-22)28-21(4)27-26(37-28)10-15-34(30(27)36)18-25-19(2)16-20(3)32-29(25)35;/h6-7,11-12,16,23-24H,5,8-10,13-15,17-18H2,1-4H3,(H,32,35);1H/t24-;/m1./s1. The molecular weight excluding hydrogens is 480 g/mol. The maximum atomic E-state index is 13.7. The molecule has 5 rings (SSSR count). The predicted molar refractivity (Wildman–Crippen MR) is 151 cm³/mol. The predicted octanol–water partition coefficient (Wildman–Crippen LogP) is 5.61. The Balaban J connectivity index is 0.00000336. The summed E-state index contributed by atoms with van der Waals surface area (Å²) in [5.74, 6) is 1.24. The van der Waals surface area contributed by atoms with Gasteiger partial charge in [-0.05, 0) is 99.8 Å². The van der Waals surface area contributed by atoms with Crippen molar-refractivity contribution in [1.29, 1.82) is 0 Å². The van der Waals surface area contributed by atoms with Gasteiger partial charge in [0.25, 0.3) is 11.5 Å². The average molecular weight is 521 g/mol. The number of rotatable bonds is 7. The number of aromatic nitrogens is 2. The number of hydrogen-bond donors (Lipinski definition) is 1. The number of hydrogen-bond acceptors (Lipinski definition) is 5. The highest BCUT2D eigenvalue weighted by Gasteiger charge is 2.35. The number of piperidine rings is 1. The molecule has 3 aromatic heterocycles. The number of carbonyl (C=O) groups is 1. The number of nitrogens with zero attached hydrogens (tertiary/aromatic N) is 3. The van der Waals surface area contributed by atoms with Gasteiger partial charge in [0.1, 0.15) is 0 Å². The maximum absolute atomic E-state index is 13.7. The van der Waals surface area contributed by atoms with Crippen molar-refractivity contribution in [2.24, 2.45) is 5.92 Å². The number of aryl methyl sites for hydroxylation is 2. The third-order valence-electron chi connectivity index (χ3n) is 8.34. The van der Waals surface area contributed by atoms with Gasteiger partial charge in [-0.3, -0.25) is 19.5 Å². The normalized spacial score (nSPS) is 17.7. The first-order valence-corrected chi connectivity index (χ1v) is 14.4. The summed E-state index contributed by atoms with van der Waals surface area (Å²) in [6.07, 6.45) is 8.11. The molecule has 1 atom stereocenters. The van der Waals surface area contributed by atoms with E-state index in [1.54, 1.807) is 0 Å². The van der Waals surface area contributed by atoms with Gasteiger partial charge in [-0.15, -0.1) is 11.3 Å². The Hall–Kier alpha value is -2.77. The molecule has 7 heteroatoms. The van der Waals surface area contributed by atoms with Crippen LogP contribution in [0.1, 0.15) is 81.6 Å². The van der Waals surface area contributed by atoms with E-state index >= 15 is 0 Å². The number of amides is 1. The molecule has 1 saturated heterocycles. The van der Waals surface area contributed by atoms with E-state index in [2.05, 4.69) is 40.8 Å². The zero-order chi connectivity index (χ0) is 26.1. The van der Waals surface area contributed by atoms with Gasteiger partial charge in [-0.2, -0.15) is 0 Å². The molecule has 0 aromatic carbocycles. The van der Waals surface area contributed by atoms with Crippen LogP contribution in [0.2, 0.25) is 0 Å². The van der Waals surface area contributed by atoms with Crippen molar-refractivity contribution in [3.05, 3.63) is 84.2 Å². The monoisotopic (exact) mass is 520 g/mol. The molecule has 0 bridgehead atoms. The zero-order valence-electron chi connectivity index (χ0n) is 22.5. The van der Waals surface area contributed by atoms with Crippen LogP contribution in [0.5, 0.6) is 0 Å². The molecule has 6 nitrogen and oxygen atoms in total. The van der Waals surface area contributed by atoms with Crippen molar-refractivity contribution in [1.82, 2.24) is 19.8 Å². The van der Waals surface area contributed by atoms with E-state index in [4.69, 9.17) is 0 Å². The van der Waals surface area contributed by atoms with Gasteiger partial charge < -0.3 is 9.88 Å². The fourth-order valence-electron chi connectivity index (χ4n) is 6.31. The summed E-state index contributed by atoms with van der Waals surface area (Å²) in [5, 5.41) is 0. The Morgan fingerprint density at radius 2 is 1.84 bits per heavy atom. The summed E-state index contributed by atoms with van der Waals surface area (Å²) in [7, 11) is 0. The number of carbonyl (C=O) groups excluding carboxylic acids is 1. The Labute approximate surface area is 225 Å². The molecule has 1 amide bonds. The lowest BCUT2D eigenvalue weighted by Crippen LogP contribution is -2.38. The summed E-state index contributed by atoms with van der Waals surface area (Å²) in [5.41, 5.74) is 5.82. The molecule has 0 saturated carbocycles. The second-order valence-electron chi connectivity index (χ2n) is 10.8. The van der Waals surface area contributed by atoms with Crippen molar-refractivity contribution in [2.75, 3.05) is 19.6 Å². The van der Waals surface area contributed by atoms with E-state index in [1.165, 1.54) is 33.7 Å². The highest BCUT2D eigenvalue weighted by atomic mass is 32.1. The average Bonchev–Trinajstić information content (AvgIpc) is 3.21. The van der Waals surface area contributed by atoms with E-state index in [-0.39, 0.29) is 12.9 Å². The largest absolute Gasteiger partial charge is 0.334 e. The Morgan fingerprint density at radius 3 is 2.51 bits per heavy atom. The van der Waals surface area contributed by atoms with Crippen molar-refractivity contribution >= 4 is 17.2 Å².